The van der Waals surface area contributed by atoms with Crippen molar-refractivity contribution < 1.29 is 5.11 Å². The van der Waals surface area contributed by atoms with Gasteiger partial charge in [-0.1, -0.05) is 61.9 Å². The average Bonchev–Trinajstić information content (AvgIpc) is 2.55. The molecule has 23 heavy (non-hydrogen) atoms. The first-order chi connectivity index (χ1) is 11.1. The van der Waals surface area contributed by atoms with E-state index >= 15 is 0 Å². The summed E-state index contributed by atoms with van der Waals surface area (Å²) in [5, 5.41) is 18.2. The Morgan fingerprint density at radius 1 is 1.09 bits per heavy atom. The van der Waals surface area contributed by atoms with E-state index in [0.717, 1.165) is 30.7 Å². The van der Waals surface area contributed by atoms with Crippen LogP contribution < -0.4 is 5.73 Å². The molecule has 0 amide bonds. The van der Waals surface area contributed by atoms with Crippen LogP contribution in [-0.2, 0) is 12.8 Å². The predicted molar refractivity (Wildman–Crippen MR) is 95.5 cm³/mol. The fourth-order valence-electron chi connectivity index (χ4n) is 2.79. The first kappa shape index (κ1) is 17.2. The Morgan fingerprint density at radius 2 is 1.78 bits per heavy atom. The van der Waals surface area contributed by atoms with Crippen molar-refractivity contribution in [1.82, 2.24) is 0 Å². The van der Waals surface area contributed by atoms with Crippen molar-refractivity contribution in [3.05, 3.63) is 77.2 Å². The summed E-state index contributed by atoms with van der Waals surface area (Å²) in [4.78, 5) is 0. The largest absolute Gasteiger partial charge is 0.392 e. The Balaban J connectivity index is 2.07. The molecule has 3 nitrogen and oxygen atoms in total. The Labute approximate surface area is 138 Å². The molecule has 3 heteroatoms. The maximum atomic E-state index is 10.7. The Morgan fingerprint density at radius 3 is 2.43 bits per heavy atom. The van der Waals surface area contributed by atoms with Gasteiger partial charge in [0.05, 0.1) is 6.10 Å². The van der Waals surface area contributed by atoms with Crippen molar-refractivity contribution in [2.45, 2.75) is 38.7 Å². The highest BCUT2D eigenvalue weighted by Crippen LogP contribution is 2.23. The number of nitrogens with one attached hydrogen (secondary N) is 1. The second-order valence-electron chi connectivity index (χ2n) is 5.90. The molecule has 0 saturated heterocycles. The van der Waals surface area contributed by atoms with E-state index in [2.05, 4.69) is 19.1 Å². The second-order valence-corrected chi connectivity index (χ2v) is 5.90. The number of nitrogens with two attached hydrogens (primary N) is 1. The lowest BCUT2D eigenvalue weighted by molar-refractivity contribution is 0.177. The van der Waals surface area contributed by atoms with Crippen LogP contribution in [0.5, 0.6) is 0 Å². The topological polar surface area (TPSA) is 70.1 Å². The molecule has 2 aromatic rings. The van der Waals surface area contributed by atoms with Crippen molar-refractivity contribution in [2.75, 3.05) is 0 Å². The highest BCUT2D eigenvalue weighted by molar-refractivity contribution is 5.95. The summed E-state index contributed by atoms with van der Waals surface area (Å²) >= 11 is 0. The van der Waals surface area contributed by atoms with E-state index in [9.17, 15) is 5.11 Å². The third-order valence-electron chi connectivity index (χ3n) is 3.98. The fraction of sp³-hybridized carbons (Fsp3) is 0.300. The van der Waals surface area contributed by atoms with Gasteiger partial charge in [0.2, 0.25) is 0 Å². The minimum Gasteiger partial charge on any atom is -0.392 e. The lowest BCUT2D eigenvalue weighted by Gasteiger charge is -2.22. The molecule has 0 aliphatic carbocycles. The van der Waals surface area contributed by atoms with Crippen LogP contribution in [0, 0.1) is 11.3 Å². The number of benzene rings is 2. The van der Waals surface area contributed by atoms with Gasteiger partial charge < -0.3 is 10.8 Å². The number of nitrogen functional groups attached to an aromatic ring is 1. The monoisotopic (exact) mass is 309 g/mol. The van der Waals surface area contributed by atoms with Crippen molar-refractivity contribution in [3.63, 3.8) is 0 Å². The van der Waals surface area contributed by atoms with Gasteiger partial charge in [0.1, 0.15) is 5.84 Å². The van der Waals surface area contributed by atoms with E-state index in [-0.39, 0.29) is 5.84 Å². The van der Waals surface area contributed by atoms with Gasteiger partial charge in [0, 0.05) is 11.5 Å². The molecular weight excluding hydrogens is 284 g/mol. The van der Waals surface area contributed by atoms with Crippen LogP contribution in [0.3, 0.4) is 0 Å². The number of hydrogen-bond donors (Lipinski definition) is 3. The minimum atomic E-state index is -0.475. The number of aliphatic hydroxyl groups excluding tert-OH is 1. The van der Waals surface area contributed by atoms with Crippen LogP contribution >= 0.6 is 0 Å². The molecule has 121 valence electrons. The summed E-state index contributed by atoms with van der Waals surface area (Å²) in [6, 6.07) is 17.8. The Bertz CT molecular complexity index is 625. The van der Waals surface area contributed by atoms with Gasteiger partial charge in [-0.15, -0.1) is 0 Å². The molecule has 2 aromatic carbocycles. The molecule has 0 spiro atoms. The zero-order valence-electron chi connectivity index (χ0n) is 13.6. The van der Waals surface area contributed by atoms with Crippen LogP contribution in [0.15, 0.2) is 54.6 Å². The molecule has 1 radical (unpaired) electrons. The van der Waals surface area contributed by atoms with Gasteiger partial charge in [-0.25, -0.2) is 0 Å². The summed E-state index contributed by atoms with van der Waals surface area (Å²) in [6.07, 6.45) is 2.83. The second kappa shape index (κ2) is 8.49. The summed E-state index contributed by atoms with van der Waals surface area (Å²) in [5.74, 6) is 1.22. The summed E-state index contributed by atoms with van der Waals surface area (Å²) in [5.41, 5.74) is 8.48. The Hall–Kier alpha value is -2.13. The smallest absolute Gasteiger partial charge is 0.122 e. The van der Waals surface area contributed by atoms with Gasteiger partial charge in [0.25, 0.3) is 0 Å². The lowest BCUT2D eigenvalue weighted by Crippen LogP contribution is -2.23. The number of aliphatic hydroxyl groups is 1. The number of amidine groups is 1. The van der Waals surface area contributed by atoms with Crippen LogP contribution in [-0.4, -0.2) is 17.0 Å². The molecule has 0 fully saturated rings. The maximum absolute atomic E-state index is 10.7. The molecular formula is C20H25N2O. The van der Waals surface area contributed by atoms with E-state index in [0.29, 0.717) is 12.0 Å². The summed E-state index contributed by atoms with van der Waals surface area (Å²) in [6.45, 7) is 2.13. The molecule has 1 atom stereocenters. The maximum Gasteiger partial charge on any atom is 0.122 e. The van der Waals surface area contributed by atoms with E-state index < -0.39 is 6.10 Å². The van der Waals surface area contributed by atoms with Crippen LogP contribution in [0.1, 0.15) is 36.5 Å². The van der Waals surface area contributed by atoms with Gasteiger partial charge in [0.15, 0.2) is 0 Å². The highest BCUT2D eigenvalue weighted by atomic mass is 16.3. The first-order valence-electron chi connectivity index (χ1n) is 8.10. The van der Waals surface area contributed by atoms with Crippen LogP contribution in [0.2, 0.25) is 0 Å². The SMILES string of the molecule is CCC[C](Cc1ccccc1)C(O)Cc1cccc(C(=N)N)c1. The molecule has 0 saturated carbocycles. The third kappa shape index (κ3) is 5.22. The lowest BCUT2D eigenvalue weighted by atomic mass is 9.87. The molecule has 0 bridgehead atoms. The normalized spacial score (nSPS) is 12.3. The Kier molecular flexibility index (Phi) is 6.36. The molecule has 0 aromatic heterocycles. The van der Waals surface area contributed by atoms with E-state index in [1.165, 1.54) is 5.56 Å². The average molecular weight is 309 g/mol. The minimum absolute atomic E-state index is 0.0587. The predicted octanol–water partition coefficient (Wildman–Crippen LogP) is 3.49. The van der Waals surface area contributed by atoms with E-state index in [4.69, 9.17) is 11.1 Å². The van der Waals surface area contributed by atoms with Crippen LogP contribution in [0.4, 0.5) is 0 Å². The van der Waals surface area contributed by atoms with Crippen molar-refractivity contribution in [2.24, 2.45) is 5.73 Å². The zero-order chi connectivity index (χ0) is 16.7. The molecule has 4 N–H and O–H groups in total. The van der Waals surface area contributed by atoms with E-state index in [1.54, 1.807) is 0 Å². The summed E-state index contributed by atoms with van der Waals surface area (Å²) < 4.78 is 0. The first-order valence-corrected chi connectivity index (χ1v) is 8.10. The van der Waals surface area contributed by atoms with Gasteiger partial charge in [-0.2, -0.15) is 0 Å². The van der Waals surface area contributed by atoms with Crippen molar-refractivity contribution in [3.8, 4) is 0 Å². The van der Waals surface area contributed by atoms with Crippen LogP contribution in [0.25, 0.3) is 0 Å². The van der Waals surface area contributed by atoms with Crippen molar-refractivity contribution in [1.29, 1.82) is 5.41 Å². The van der Waals surface area contributed by atoms with Gasteiger partial charge >= 0.3 is 0 Å². The molecule has 2 rings (SSSR count). The van der Waals surface area contributed by atoms with E-state index in [1.807, 2.05) is 42.5 Å². The van der Waals surface area contributed by atoms with Crippen molar-refractivity contribution >= 4 is 5.84 Å². The highest BCUT2D eigenvalue weighted by Gasteiger charge is 2.20. The fourth-order valence-corrected chi connectivity index (χ4v) is 2.79. The molecule has 0 aliphatic heterocycles. The van der Waals surface area contributed by atoms with Gasteiger partial charge in [-0.3, -0.25) is 5.41 Å². The zero-order valence-corrected chi connectivity index (χ0v) is 13.6. The van der Waals surface area contributed by atoms with Gasteiger partial charge in [-0.05, 0) is 36.5 Å². The molecule has 1 unspecified atom stereocenters. The summed E-state index contributed by atoms with van der Waals surface area (Å²) in [7, 11) is 0. The third-order valence-corrected chi connectivity index (χ3v) is 3.98. The molecule has 0 aliphatic rings. The quantitative estimate of drug-likeness (QED) is 0.516. The number of rotatable bonds is 8. The standard InChI is InChI=1S/C20H25N2O/c1-2-7-17(12-15-8-4-3-5-9-15)19(23)14-16-10-6-11-18(13-16)20(21)22/h3-6,8-11,13,19,23H,2,7,12,14H2,1H3,(H3,21,22). The number of hydrogen-bond acceptors (Lipinski definition) is 2. The molecule has 0 heterocycles.